The third kappa shape index (κ3) is 3.30. The third-order valence-corrected chi connectivity index (χ3v) is 5.51. The summed E-state index contributed by atoms with van der Waals surface area (Å²) >= 11 is 0. The van der Waals surface area contributed by atoms with Crippen LogP contribution in [0.3, 0.4) is 0 Å². The summed E-state index contributed by atoms with van der Waals surface area (Å²) in [6, 6.07) is 2.47. The lowest BCUT2D eigenvalue weighted by Crippen LogP contribution is -2.46. The molecule has 0 heterocycles. The molecule has 0 aromatic heterocycles. The second-order valence-electron chi connectivity index (χ2n) is 5.09. The Kier molecular flexibility index (Phi) is 5.15. The highest BCUT2D eigenvalue weighted by Crippen LogP contribution is 2.25. The van der Waals surface area contributed by atoms with Crippen LogP contribution in [0.4, 0.5) is 10.1 Å². The standard InChI is InChI=1S/C14H23FN2O2S/c1-5-14(6-2,7-3)17-20(18,19)11-8-10(4)13(15)12(16)9-11/h8-9,17H,5-7,16H2,1-4H3. The van der Waals surface area contributed by atoms with Crippen LogP contribution in [-0.4, -0.2) is 14.0 Å². The largest absolute Gasteiger partial charge is 0.396 e. The quantitative estimate of drug-likeness (QED) is 0.794. The van der Waals surface area contributed by atoms with E-state index in [1.807, 2.05) is 20.8 Å². The summed E-state index contributed by atoms with van der Waals surface area (Å²) < 4.78 is 41.1. The number of anilines is 1. The van der Waals surface area contributed by atoms with Crippen molar-refractivity contribution >= 4 is 15.7 Å². The molecule has 0 saturated heterocycles. The molecule has 0 aliphatic heterocycles. The van der Waals surface area contributed by atoms with Gasteiger partial charge in [0.25, 0.3) is 0 Å². The third-order valence-electron chi connectivity index (χ3n) is 3.95. The first-order valence-corrected chi connectivity index (χ1v) is 8.29. The fraction of sp³-hybridized carbons (Fsp3) is 0.571. The van der Waals surface area contributed by atoms with Crippen LogP contribution in [0, 0.1) is 12.7 Å². The number of halogens is 1. The van der Waals surface area contributed by atoms with Crippen molar-refractivity contribution in [2.24, 2.45) is 0 Å². The number of hydrogen-bond acceptors (Lipinski definition) is 3. The molecule has 0 bridgehead atoms. The molecule has 0 radical (unpaired) electrons. The summed E-state index contributed by atoms with van der Waals surface area (Å²) in [4.78, 5) is 0.00799. The van der Waals surface area contributed by atoms with E-state index >= 15 is 0 Å². The van der Waals surface area contributed by atoms with Gasteiger partial charge in [-0.25, -0.2) is 17.5 Å². The van der Waals surface area contributed by atoms with Crippen molar-refractivity contribution in [3.05, 3.63) is 23.5 Å². The lowest BCUT2D eigenvalue weighted by molar-refractivity contribution is 0.341. The highest BCUT2D eigenvalue weighted by Gasteiger charge is 2.30. The van der Waals surface area contributed by atoms with Gasteiger partial charge in [-0.15, -0.1) is 0 Å². The SMILES string of the molecule is CCC(CC)(CC)NS(=O)(=O)c1cc(C)c(F)c(N)c1. The van der Waals surface area contributed by atoms with E-state index in [4.69, 9.17) is 5.73 Å². The molecule has 0 aliphatic carbocycles. The number of nitrogens with two attached hydrogens (primary N) is 1. The van der Waals surface area contributed by atoms with Gasteiger partial charge in [-0.2, -0.15) is 0 Å². The second-order valence-corrected chi connectivity index (χ2v) is 6.77. The van der Waals surface area contributed by atoms with Gasteiger partial charge >= 0.3 is 0 Å². The van der Waals surface area contributed by atoms with E-state index in [2.05, 4.69) is 4.72 Å². The zero-order valence-corrected chi connectivity index (χ0v) is 13.3. The zero-order valence-electron chi connectivity index (χ0n) is 12.5. The minimum atomic E-state index is -3.71. The van der Waals surface area contributed by atoms with Gasteiger partial charge in [0.05, 0.1) is 10.6 Å². The van der Waals surface area contributed by atoms with E-state index in [1.165, 1.54) is 13.0 Å². The van der Waals surface area contributed by atoms with Crippen LogP contribution in [0.2, 0.25) is 0 Å². The van der Waals surface area contributed by atoms with Gasteiger partial charge in [0.1, 0.15) is 5.82 Å². The van der Waals surface area contributed by atoms with Crippen LogP contribution in [-0.2, 0) is 10.0 Å². The van der Waals surface area contributed by atoms with E-state index in [-0.39, 0.29) is 16.1 Å². The van der Waals surface area contributed by atoms with Crippen molar-refractivity contribution < 1.29 is 12.8 Å². The summed E-state index contributed by atoms with van der Waals surface area (Å²) in [6.07, 6.45) is 2.07. The first-order chi connectivity index (χ1) is 9.21. The molecule has 0 amide bonds. The highest BCUT2D eigenvalue weighted by atomic mass is 32.2. The van der Waals surface area contributed by atoms with E-state index in [9.17, 15) is 12.8 Å². The Morgan fingerprint density at radius 3 is 2.10 bits per heavy atom. The molecule has 1 aromatic carbocycles. The molecule has 1 rings (SSSR count). The van der Waals surface area contributed by atoms with Crippen molar-refractivity contribution in [2.45, 2.75) is 57.4 Å². The Morgan fingerprint density at radius 1 is 1.20 bits per heavy atom. The predicted molar refractivity (Wildman–Crippen MR) is 79.5 cm³/mol. The van der Waals surface area contributed by atoms with Crippen molar-refractivity contribution in [3.63, 3.8) is 0 Å². The lowest BCUT2D eigenvalue weighted by Gasteiger charge is -2.31. The Labute approximate surface area is 120 Å². The van der Waals surface area contributed by atoms with Crippen LogP contribution < -0.4 is 10.5 Å². The summed E-state index contributed by atoms with van der Waals surface area (Å²) in [5.41, 5.74) is 5.11. The van der Waals surface area contributed by atoms with Crippen LogP contribution in [0.25, 0.3) is 0 Å². The van der Waals surface area contributed by atoms with Crippen molar-refractivity contribution in [1.29, 1.82) is 0 Å². The fourth-order valence-electron chi connectivity index (χ4n) is 2.23. The minimum Gasteiger partial charge on any atom is -0.396 e. The summed E-state index contributed by atoms with van der Waals surface area (Å²) in [6.45, 7) is 7.33. The average molecular weight is 302 g/mol. The molecule has 0 unspecified atom stereocenters. The van der Waals surface area contributed by atoms with E-state index in [0.717, 1.165) is 6.07 Å². The number of nitrogen functional groups attached to an aromatic ring is 1. The maximum Gasteiger partial charge on any atom is 0.241 e. The first-order valence-electron chi connectivity index (χ1n) is 6.81. The van der Waals surface area contributed by atoms with Crippen LogP contribution in [0.5, 0.6) is 0 Å². The Bertz CT molecular complexity index is 550. The molecule has 3 N–H and O–H groups in total. The molecule has 1 aromatic rings. The van der Waals surface area contributed by atoms with E-state index < -0.39 is 21.4 Å². The monoisotopic (exact) mass is 302 g/mol. The molecule has 0 fully saturated rings. The first kappa shape index (κ1) is 16.9. The highest BCUT2D eigenvalue weighted by molar-refractivity contribution is 7.89. The van der Waals surface area contributed by atoms with Gasteiger partial charge in [0, 0.05) is 5.54 Å². The lowest BCUT2D eigenvalue weighted by atomic mass is 9.91. The molecule has 4 nitrogen and oxygen atoms in total. The molecular formula is C14H23FN2O2S. The average Bonchev–Trinajstić information content (AvgIpc) is 2.41. The summed E-state index contributed by atoms with van der Waals surface area (Å²) in [5, 5.41) is 0. The number of benzene rings is 1. The Hall–Kier alpha value is -1.14. The molecular weight excluding hydrogens is 279 g/mol. The van der Waals surface area contributed by atoms with Crippen molar-refractivity contribution in [1.82, 2.24) is 4.72 Å². The molecule has 20 heavy (non-hydrogen) atoms. The number of nitrogens with one attached hydrogen (secondary N) is 1. The normalized spacial score (nSPS) is 12.7. The molecule has 6 heteroatoms. The molecule has 114 valence electrons. The van der Waals surface area contributed by atoms with Gasteiger partial charge < -0.3 is 5.73 Å². The van der Waals surface area contributed by atoms with Gasteiger partial charge in [-0.3, -0.25) is 0 Å². The summed E-state index contributed by atoms with van der Waals surface area (Å²) in [7, 11) is -3.71. The number of rotatable bonds is 6. The molecule has 0 saturated carbocycles. The molecule has 0 atom stereocenters. The van der Waals surface area contributed by atoms with Gasteiger partial charge in [-0.05, 0) is 43.9 Å². The van der Waals surface area contributed by atoms with Crippen LogP contribution in [0.15, 0.2) is 17.0 Å². The Morgan fingerprint density at radius 2 is 1.70 bits per heavy atom. The number of hydrogen-bond donors (Lipinski definition) is 2. The van der Waals surface area contributed by atoms with Crippen molar-refractivity contribution in [2.75, 3.05) is 5.73 Å². The van der Waals surface area contributed by atoms with Gasteiger partial charge in [0.2, 0.25) is 10.0 Å². The topological polar surface area (TPSA) is 72.2 Å². The fourth-order valence-corrected chi connectivity index (χ4v) is 3.96. The predicted octanol–water partition coefficient (Wildman–Crippen LogP) is 2.96. The van der Waals surface area contributed by atoms with Gasteiger partial charge in [-0.1, -0.05) is 20.8 Å². The molecule has 0 spiro atoms. The van der Waals surface area contributed by atoms with Gasteiger partial charge in [0.15, 0.2) is 0 Å². The maximum atomic E-state index is 13.5. The van der Waals surface area contributed by atoms with E-state index in [0.29, 0.717) is 19.3 Å². The van der Waals surface area contributed by atoms with Crippen molar-refractivity contribution in [3.8, 4) is 0 Å². The number of sulfonamides is 1. The summed E-state index contributed by atoms with van der Waals surface area (Å²) in [5.74, 6) is -0.573. The Balaban J connectivity index is 3.24. The zero-order chi connectivity index (χ0) is 15.6. The number of aryl methyl sites for hydroxylation is 1. The second kappa shape index (κ2) is 6.10. The molecule has 0 aliphatic rings. The van der Waals surface area contributed by atoms with Crippen LogP contribution in [0.1, 0.15) is 45.6 Å². The minimum absolute atomic E-state index is 0.00799. The van der Waals surface area contributed by atoms with Crippen LogP contribution >= 0.6 is 0 Å². The maximum absolute atomic E-state index is 13.5. The smallest absolute Gasteiger partial charge is 0.241 e. The van der Waals surface area contributed by atoms with E-state index in [1.54, 1.807) is 0 Å².